The van der Waals surface area contributed by atoms with Gasteiger partial charge in [-0.3, -0.25) is 19.3 Å². The lowest BCUT2D eigenvalue weighted by Gasteiger charge is -2.52. The summed E-state index contributed by atoms with van der Waals surface area (Å²) in [5.41, 5.74) is 0.172. The van der Waals surface area contributed by atoms with Crippen LogP contribution in [0.3, 0.4) is 0 Å². The highest BCUT2D eigenvalue weighted by Gasteiger charge is 2.54. The van der Waals surface area contributed by atoms with E-state index in [1.807, 2.05) is 29.2 Å². The first kappa shape index (κ1) is 28.5. The van der Waals surface area contributed by atoms with Gasteiger partial charge in [0.25, 0.3) is 0 Å². The standard InChI is InChI=1S/C29H44N4O5/c1-3-4-16-33-26(35)24(19-28(37)12-6-5-7-13-28)31-27(36)29(33)14-17-32(18-15-29)20-22-8-10-23(11-9-22)30-25(34)21-38-2/h8-11,24,37H,3-7,12-21H2,1-2H3,(H,30,34)(H,31,36)/t24-/m1/s1. The summed E-state index contributed by atoms with van der Waals surface area (Å²) < 4.78 is 4.85. The topological polar surface area (TPSA) is 111 Å². The molecule has 1 spiro atoms. The minimum Gasteiger partial charge on any atom is -0.390 e. The van der Waals surface area contributed by atoms with Gasteiger partial charge in [-0.05, 0) is 49.8 Å². The minimum atomic E-state index is -0.863. The molecular formula is C29H44N4O5. The third-order valence-corrected chi connectivity index (χ3v) is 8.51. The quantitative estimate of drug-likeness (QED) is 0.431. The Hall–Kier alpha value is -2.49. The van der Waals surface area contributed by atoms with Crippen molar-refractivity contribution in [1.82, 2.24) is 15.1 Å². The molecule has 3 aliphatic rings. The molecule has 4 rings (SSSR count). The lowest BCUT2D eigenvalue weighted by Crippen LogP contribution is -2.73. The minimum absolute atomic E-state index is 0.0181. The van der Waals surface area contributed by atoms with Crippen LogP contribution >= 0.6 is 0 Å². The number of ether oxygens (including phenoxy) is 1. The predicted molar refractivity (Wildman–Crippen MR) is 145 cm³/mol. The number of hydrogen-bond donors (Lipinski definition) is 3. The van der Waals surface area contributed by atoms with Crippen molar-refractivity contribution < 1.29 is 24.2 Å². The Labute approximate surface area is 226 Å². The fourth-order valence-corrected chi connectivity index (χ4v) is 6.31. The fourth-order valence-electron chi connectivity index (χ4n) is 6.31. The van der Waals surface area contributed by atoms with E-state index in [2.05, 4.69) is 22.5 Å². The van der Waals surface area contributed by atoms with Crippen LogP contribution < -0.4 is 10.6 Å². The molecule has 0 unspecified atom stereocenters. The van der Waals surface area contributed by atoms with Crippen molar-refractivity contribution in [3.05, 3.63) is 29.8 Å². The van der Waals surface area contributed by atoms with Gasteiger partial charge in [0.2, 0.25) is 17.7 Å². The van der Waals surface area contributed by atoms with Crippen LogP contribution in [0.1, 0.15) is 76.7 Å². The number of piperazine rings is 1. The van der Waals surface area contributed by atoms with Crippen molar-refractivity contribution in [2.45, 2.75) is 94.9 Å². The monoisotopic (exact) mass is 528 g/mol. The van der Waals surface area contributed by atoms with E-state index < -0.39 is 17.2 Å². The maximum Gasteiger partial charge on any atom is 0.250 e. The van der Waals surface area contributed by atoms with Crippen molar-refractivity contribution in [3.8, 4) is 0 Å². The number of anilines is 1. The van der Waals surface area contributed by atoms with Crippen LogP contribution in [-0.2, 0) is 25.7 Å². The van der Waals surface area contributed by atoms with Crippen LogP contribution in [-0.4, -0.2) is 83.2 Å². The average molecular weight is 529 g/mol. The normalized spacial score (nSPS) is 23.3. The Morgan fingerprint density at radius 1 is 1.11 bits per heavy atom. The maximum absolute atomic E-state index is 13.7. The molecule has 9 nitrogen and oxygen atoms in total. The molecule has 1 aromatic rings. The van der Waals surface area contributed by atoms with Gasteiger partial charge in [-0.25, -0.2) is 0 Å². The largest absolute Gasteiger partial charge is 0.390 e. The van der Waals surface area contributed by atoms with Crippen LogP contribution in [0.15, 0.2) is 24.3 Å². The van der Waals surface area contributed by atoms with E-state index in [0.29, 0.717) is 51.7 Å². The zero-order valence-corrected chi connectivity index (χ0v) is 23.0. The smallest absolute Gasteiger partial charge is 0.250 e. The molecule has 3 amide bonds. The molecule has 1 atom stereocenters. The zero-order chi connectivity index (χ0) is 27.2. The second kappa shape index (κ2) is 12.6. The summed E-state index contributed by atoms with van der Waals surface area (Å²) in [5.74, 6) is -0.283. The zero-order valence-electron chi connectivity index (χ0n) is 23.0. The second-order valence-electron chi connectivity index (χ2n) is 11.3. The van der Waals surface area contributed by atoms with Crippen LogP contribution in [0.4, 0.5) is 5.69 Å². The highest BCUT2D eigenvalue weighted by atomic mass is 16.5. The van der Waals surface area contributed by atoms with Crippen molar-refractivity contribution in [2.75, 3.05) is 38.7 Å². The molecule has 0 bridgehead atoms. The number of nitrogens with zero attached hydrogens (tertiary/aromatic N) is 2. The Kier molecular flexibility index (Phi) is 9.44. The van der Waals surface area contributed by atoms with E-state index in [0.717, 1.165) is 49.9 Å². The number of carbonyl (C=O) groups is 3. The molecule has 0 radical (unpaired) electrons. The van der Waals surface area contributed by atoms with Crippen molar-refractivity contribution in [3.63, 3.8) is 0 Å². The summed E-state index contributed by atoms with van der Waals surface area (Å²) in [6.07, 6.45) is 7.75. The molecule has 1 aliphatic carbocycles. The molecule has 1 saturated carbocycles. The van der Waals surface area contributed by atoms with Crippen LogP contribution in [0.5, 0.6) is 0 Å². The van der Waals surface area contributed by atoms with E-state index in [1.54, 1.807) is 0 Å². The summed E-state index contributed by atoms with van der Waals surface area (Å²) in [6.45, 7) is 4.86. The molecular weight excluding hydrogens is 484 g/mol. The van der Waals surface area contributed by atoms with Gasteiger partial charge in [-0.1, -0.05) is 44.7 Å². The average Bonchev–Trinajstić information content (AvgIpc) is 2.90. The lowest BCUT2D eigenvalue weighted by atomic mass is 9.77. The fraction of sp³-hybridized carbons (Fsp3) is 0.690. The van der Waals surface area contributed by atoms with Crippen LogP contribution in [0.25, 0.3) is 0 Å². The van der Waals surface area contributed by atoms with E-state index in [-0.39, 0.29) is 24.3 Å². The molecule has 1 aromatic carbocycles. The van der Waals surface area contributed by atoms with Crippen LogP contribution in [0.2, 0.25) is 0 Å². The second-order valence-corrected chi connectivity index (χ2v) is 11.3. The van der Waals surface area contributed by atoms with Gasteiger partial charge in [0.1, 0.15) is 18.2 Å². The van der Waals surface area contributed by atoms with Gasteiger partial charge in [0.05, 0.1) is 5.60 Å². The number of piperidine rings is 1. The number of aliphatic hydroxyl groups is 1. The number of amides is 3. The van der Waals surface area contributed by atoms with Gasteiger partial charge in [0, 0.05) is 45.4 Å². The summed E-state index contributed by atoms with van der Waals surface area (Å²) in [6, 6.07) is 7.12. The van der Waals surface area contributed by atoms with Crippen LogP contribution in [0, 0.1) is 0 Å². The first-order valence-corrected chi connectivity index (χ1v) is 14.2. The van der Waals surface area contributed by atoms with Crippen molar-refractivity contribution in [2.24, 2.45) is 0 Å². The SMILES string of the molecule is CCCCN1C(=O)[C@@H](CC2(O)CCCCC2)NC(=O)C12CCN(Cc1ccc(NC(=O)COC)cc1)CC2. The molecule has 2 heterocycles. The lowest BCUT2D eigenvalue weighted by molar-refractivity contribution is -0.163. The molecule has 210 valence electrons. The molecule has 3 fully saturated rings. The maximum atomic E-state index is 13.7. The number of carbonyl (C=O) groups excluding carboxylic acids is 3. The number of likely N-dealkylation sites (tertiary alicyclic amines) is 1. The number of methoxy groups -OCH3 is 1. The summed E-state index contributed by atoms with van der Waals surface area (Å²) >= 11 is 0. The highest BCUT2D eigenvalue weighted by Crippen LogP contribution is 2.37. The Bertz CT molecular complexity index is 968. The molecule has 9 heteroatoms. The van der Waals surface area contributed by atoms with Gasteiger partial charge >= 0.3 is 0 Å². The van der Waals surface area contributed by atoms with Gasteiger partial charge < -0.3 is 25.4 Å². The number of hydrogen-bond acceptors (Lipinski definition) is 6. The van der Waals surface area contributed by atoms with Crippen molar-refractivity contribution in [1.29, 1.82) is 0 Å². The Balaban J connectivity index is 1.39. The summed E-state index contributed by atoms with van der Waals surface area (Å²) in [7, 11) is 1.49. The van der Waals surface area contributed by atoms with Gasteiger partial charge in [0.15, 0.2) is 0 Å². The molecule has 3 N–H and O–H groups in total. The third kappa shape index (κ3) is 6.55. The highest BCUT2D eigenvalue weighted by molar-refractivity contribution is 6.00. The molecule has 2 saturated heterocycles. The van der Waals surface area contributed by atoms with E-state index >= 15 is 0 Å². The predicted octanol–water partition coefficient (Wildman–Crippen LogP) is 2.82. The molecule has 38 heavy (non-hydrogen) atoms. The summed E-state index contributed by atoms with van der Waals surface area (Å²) in [5, 5.41) is 16.9. The third-order valence-electron chi connectivity index (χ3n) is 8.51. The first-order chi connectivity index (χ1) is 18.3. The Morgan fingerprint density at radius 3 is 2.42 bits per heavy atom. The van der Waals surface area contributed by atoms with E-state index in [1.165, 1.54) is 7.11 Å². The number of benzene rings is 1. The Morgan fingerprint density at radius 2 is 1.79 bits per heavy atom. The van der Waals surface area contributed by atoms with Crippen molar-refractivity contribution >= 4 is 23.4 Å². The summed E-state index contributed by atoms with van der Waals surface area (Å²) in [4.78, 5) is 43.3. The van der Waals surface area contributed by atoms with E-state index in [4.69, 9.17) is 4.74 Å². The number of rotatable bonds is 10. The number of unbranched alkanes of at least 4 members (excludes halogenated alkanes) is 1. The number of nitrogens with one attached hydrogen (secondary N) is 2. The molecule has 2 aliphatic heterocycles. The first-order valence-electron chi connectivity index (χ1n) is 14.2. The van der Waals surface area contributed by atoms with Gasteiger partial charge in [-0.2, -0.15) is 0 Å². The van der Waals surface area contributed by atoms with Gasteiger partial charge in [-0.15, -0.1) is 0 Å². The van der Waals surface area contributed by atoms with E-state index in [9.17, 15) is 19.5 Å². The molecule has 0 aromatic heterocycles.